The lowest BCUT2D eigenvalue weighted by Crippen LogP contribution is -2.23. The topological polar surface area (TPSA) is 69.5 Å². The zero-order chi connectivity index (χ0) is 16.9. The van der Waals surface area contributed by atoms with Gasteiger partial charge in [0.05, 0.1) is 19.9 Å². The molecule has 0 spiro atoms. The molecule has 1 aliphatic rings. The fraction of sp³-hybridized carbons (Fsp3) is 0.278. The van der Waals surface area contributed by atoms with Crippen LogP contribution in [0.5, 0.6) is 11.5 Å². The van der Waals surface area contributed by atoms with E-state index in [9.17, 15) is 0 Å². The van der Waals surface area contributed by atoms with Crippen molar-refractivity contribution in [3.8, 4) is 11.5 Å². The van der Waals surface area contributed by atoms with Crippen LogP contribution in [0.25, 0.3) is 0 Å². The van der Waals surface area contributed by atoms with Crippen LogP contribution in [-0.4, -0.2) is 31.7 Å². The van der Waals surface area contributed by atoms with Crippen LogP contribution in [-0.2, 0) is 16.3 Å². The van der Waals surface area contributed by atoms with Crippen LogP contribution in [0.15, 0.2) is 47.5 Å². The molecule has 1 unspecified atom stereocenters. The van der Waals surface area contributed by atoms with Crippen LogP contribution in [0.2, 0.25) is 0 Å². The summed E-state index contributed by atoms with van der Waals surface area (Å²) in [5.74, 6) is 1.29. The van der Waals surface area contributed by atoms with Crippen molar-refractivity contribution in [2.24, 2.45) is 4.99 Å². The molecule has 3 rings (SSSR count). The van der Waals surface area contributed by atoms with E-state index in [1.165, 1.54) is 0 Å². The van der Waals surface area contributed by atoms with Crippen molar-refractivity contribution in [2.75, 3.05) is 20.8 Å². The minimum atomic E-state index is -0.645. The summed E-state index contributed by atoms with van der Waals surface area (Å²) in [7, 11) is 3.20. The highest BCUT2D eigenvalue weighted by molar-refractivity contribution is 6.06. The first-order valence-corrected chi connectivity index (χ1v) is 7.60. The van der Waals surface area contributed by atoms with Crippen LogP contribution in [0.1, 0.15) is 22.8 Å². The van der Waals surface area contributed by atoms with Gasteiger partial charge in [0.25, 0.3) is 0 Å². The van der Waals surface area contributed by atoms with Gasteiger partial charge in [-0.05, 0) is 29.7 Å². The molecule has 0 amide bonds. The lowest BCUT2D eigenvalue weighted by Gasteiger charge is -2.24. The van der Waals surface area contributed by atoms with E-state index in [-0.39, 0.29) is 0 Å². The van der Waals surface area contributed by atoms with Gasteiger partial charge in [-0.3, -0.25) is 4.99 Å². The number of aliphatic imine (C=N–C) groups is 1. The van der Waals surface area contributed by atoms with Crippen LogP contribution in [0.4, 0.5) is 0 Å². The zero-order valence-corrected chi connectivity index (χ0v) is 13.6. The van der Waals surface area contributed by atoms with Crippen molar-refractivity contribution in [1.29, 1.82) is 0 Å². The predicted octanol–water partition coefficient (Wildman–Crippen LogP) is 3.21. The van der Waals surface area contributed by atoms with Gasteiger partial charge in [0.2, 0.25) is 0 Å². The van der Waals surface area contributed by atoms with E-state index in [0.29, 0.717) is 23.8 Å². The Morgan fingerprint density at radius 3 is 2.42 bits per heavy atom. The number of hydrogen-bond donors (Lipinski definition) is 1. The molecule has 1 aliphatic heterocycles. The van der Waals surface area contributed by atoms with E-state index in [0.717, 1.165) is 23.1 Å². The average Bonchev–Trinajstić information content (AvgIpc) is 2.65. The summed E-state index contributed by atoms with van der Waals surface area (Å²) in [5.41, 5.74) is 3.48. The van der Waals surface area contributed by atoms with E-state index in [2.05, 4.69) is 10.0 Å². The third-order valence-electron chi connectivity index (χ3n) is 4.04. The third kappa shape index (κ3) is 3.12. The Morgan fingerprint density at radius 1 is 1.04 bits per heavy atom. The maximum Gasteiger partial charge on any atom is 0.163 e. The molecule has 0 aliphatic carbocycles. The minimum Gasteiger partial charge on any atom is -0.493 e. The van der Waals surface area contributed by atoms with Crippen molar-refractivity contribution in [3.05, 3.63) is 59.2 Å². The van der Waals surface area contributed by atoms with Gasteiger partial charge in [0.15, 0.2) is 17.6 Å². The minimum absolute atomic E-state index is 0.613. The van der Waals surface area contributed by atoms with Gasteiger partial charge >= 0.3 is 0 Å². The number of methoxy groups -OCH3 is 2. The van der Waals surface area contributed by atoms with E-state index >= 15 is 0 Å². The molecule has 0 bridgehead atoms. The summed E-state index contributed by atoms with van der Waals surface area (Å²) in [6.45, 7) is 0.621. The highest BCUT2D eigenvalue weighted by Gasteiger charge is 2.27. The normalized spacial score (nSPS) is 14.5. The summed E-state index contributed by atoms with van der Waals surface area (Å²) in [4.78, 5) is 9.71. The quantitative estimate of drug-likeness (QED) is 0.651. The lowest BCUT2D eigenvalue weighted by atomic mass is 9.91. The van der Waals surface area contributed by atoms with E-state index in [4.69, 9.17) is 19.6 Å². The van der Waals surface area contributed by atoms with Crippen molar-refractivity contribution < 1.29 is 24.7 Å². The molecule has 0 aromatic heterocycles. The van der Waals surface area contributed by atoms with Crippen molar-refractivity contribution in [1.82, 2.24) is 0 Å². The number of rotatable bonds is 6. The monoisotopic (exact) mass is 329 g/mol. The average molecular weight is 329 g/mol. The molecule has 24 heavy (non-hydrogen) atoms. The van der Waals surface area contributed by atoms with E-state index < -0.39 is 6.10 Å². The highest BCUT2D eigenvalue weighted by Crippen LogP contribution is 2.35. The van der Waals surface area contributed by atoms with E-state index in [1.54, 1.807) is 14.2 Å². The molecule has 0 saturated carbocycles. The molecule has 6 nitrogen and oxygen atoms in total. The van der Waals surface area contributed by atoms with Gasteiger partial charge in [-0.1, -0.05) is 35.4 Å². The van der Waals surface area contributed by atoms with Crippen LogP contribution in [0, 0.1) is 0 Å². The Bertz CT molecular complexity index is 730. The Labute approximate surface area is 140 Å². The number of benzene rings is 2. The summed E-state index contributed by atoms with van der Waals surface area (Å²) < 4.78 is 10.8. The molecular weight excluding hydrogens is 310 g/mol. The molecule has 1 N–H and O–H groups in total. The second-order valence-corrected chi connectivity index (χ2v) is 5.34. The second-order valence-electron chi connectivity index (χ2n) is 5.34. The van der Waals surface area contributed by atoms with Gasteiger partial charge in [0.1, 0.15) is 0 Å². The zero-order valence-electron chi connectivity index (χ0n) is 13.6. The molecule has 2 aromatic rings. The molecule has 0 fully saturated rings. The molecule has 2 aromatic carbocycles. The Balaban J connectivity index is 2.07. The first kappa shape index (κ1) is 16.4. The number of fused-ring (bicyclic) bond motifs is 1. The summed E-state index contributed by atoms with van der Waals surface area (Å²) in [6, 6.07) is 13.3. The highest BCUT2D eigenvalue weighted by atomic mass is 17.5. The second kappa shape index (κ2) is 7.44. The standard InChI is InChI=1S/C18H19NO5/c1-21-15-10-13-8-9-19-17(14(13)11-16(15)22-2)18(23-24-20)12-6-4-3-5-7-12/h3-7,10-11,18,20H,8-9H2,1-2H3. The molecular formula is C18H19NO5. The smallest absolute Gasteiger partial charge is 0.163 e. The Hall–Kier alpha value is -2.41. The van der Waals surface area contributed by atoms with Gasteiger partial charge in [0, 0.05) is 12.1 Å². The first-order chi connectivity index (χ1) is 11.8. The SMILES string of the molecule is COc1cc2c(cc1OC)C(C(OOO)c1ccccc1)=NCC2. The van der Waals surface area contributed by atoms with Crippen LogP contribution < -0.4 is 9.47 Å². The van der Waals surface area contributed by atoms with Gasteiger partial charge in [-0.15, -0.1) is 0 Å². The summed E-state index contributed by atoms with van der Waals surface area (Å²) in [5, 5.41) is 12.8. The summed E-state index contributed by atoms with van der Waals surface area (Å²) >= 11 is 0. The molecule has 126 valence electrons. The molecule has 1 heterocycles. The molecule has 1 atom stereocenters. The van der Waals surface area contributed by atoms with Crippen molar-refractivity contribution in [3.63, 3.8) is 0 Å². The van der Waals surface area contributed by atoms with Gasteiger partial charge in [-0.2, -0.15) is 4.89 Å². The largest absolute Gasteiger partial charge is 0.493 e. The van der Waals surface area contributed by atoms with Crippen molar-refractivity contribution >= 4 is 5.71 Å². The Kier molecular flexibility index (Phi) is 5.10. The molecule has 0 saturated heterocycles. The lowest BCUT2D eigenvalue weighted by molar-refractivity contribution is -0.500. The van der Waals surface area contributed by atoms with Gasteiger partial charge in [-0.25, -0.2) is 5.26 Å². The molecule has 0 radical (unpaired) electrons. The van der Waals surface area contributed by atoms with Gasteiger partial charge < -0.3 is 9.47 Å². The number of hydrogen-bond acceptors (Lipinski definition) is 6. The maximum atomic E-state index is 8.84. The van der Waals surface area contributed by atoms with Crippen LogP contribution >= 0.6 is 0 Å². The number of ether oxygens (including phenoxy) is 2. The van der Waals surface area contributed by atoms with Crippen LogP contribution in [0.3, 0.4) is 0 Å². The molecule has 6 heteroatoms. The Morgan fingerprint density at radius 2 is 1.75 bits per heavy atom. The first-order valence-electron chi connectivity index (χ1n) is 7.60. The fourth-order valence-electron chi connectivity index (χ4n) is 2.90. The fourth-order valence-corrected chi connectivity index (χ4v) is 2.90. The third-order valence-corrected chi connectivity index (χ3v) is 4.04. The number of nitrogens with zero attached hydrogens (tertiary/aromatic N) is 1. The van der Waals surface area contributed by atoms with Crippen molar-refractivity contribution in [2.45, 2.75) is 12.5 Å². The summed E-state index contributed by atoms with van der Waals surface area (Å²) in [6.07, 6.45) is 0.147. The van der Waals surface area contributed by atoms with E-state index in [1.807, 2.05) is 42.5 Å². The predicted molar refractivity (Wildman–Crippen MR) is 88.6 cm³/mol. The maximum absolute atomic E-state index is 8.84.